The third kappa shape index (κ3) is 3.39. The van der Waals surface area contributed by atoms with Gasteiger partial charge in [0.2, 0.25) is 0 Å². The molecule has 0 fully saturated rings. The number of hydrogen-bond donors (Lipinski definition) is 2. The van der Waals surface area contributed by atoms with Crippen molar-refractivity contribution >= 4 is 28.1 Å². The van der Waals surface area contributed by atoms with Gasteiger partial charge in [-0.25, -0.2) is 4.79 Å². The first-order chi connectivity index (χ1) is 7.13. The smallest absolute Gasteiger partial charge is 0.326 e. The van der Waals surface area contributed by atoms with E-state index in [0.717, 1.165) is 11.3 Å². The molecular formula is C8H9N3O3S. The highest BCUT2D eigenvalue weighted by molar-refractivity contribution is 7.13. The Labute approximate surface area is 89.8 Å². The molecule has 0 atom stereocenters. The second-order valence-electron chi connectivity index (χ2n) is 2.55. The molecule has 0 aliphatic carbocycles. The van der Waals surface area contributed by atoms with E-state index in [1.807, 2.05) is 0 Å². The first-order valence-corrected chi connectivity index (χ1v) is 4.90. The Hall–Kier alpha value is -1.89. The van der Waals surface area contributed by atoms with Gasteiger partial charge in [0.05, 0.1) is 16.7 Å². The molecule has 7 heteroatoms. The average molecular weight is 227 g/mol. The van der Waals surface area contributed by atoms with Crippen molar-refractivity contribution in [2.45, 2.75) is 0 Å². The van der Waals surface area contributed by atoms with Gasteiger partial charge in [0.1, 0.15) is 0 Å². The van der Waals surface area contributed by atoms with Crippen LogP contribution in [0.2, 0.25) is 0 Å². The van der Waals surface area contributed by atoms with Crippen LogP contribution in [-0.2, 0) is 0 Å². The van der Waals surface area contributed by atoms with Crippen molar-refractivity contribution in [3.05, 3.63) is 34.2 Å². The van der Waals surface area contributed by atoms with E-state index in [0.29, 0.717) is 12.2 Å². The summed E-state index contributed by atoms with van der Waals surface area (Å²) in [6, 6.07) is 0.889. The molecule has 1 heterocycles. The van der Waals surface area contributed by atoms with Gasteiger partial charge < -0.3 is 10.6 Å². The van der Waals surface area contributed by atoms with Crippen LogP contribution in [-0.4, -0.2) is 17.5 Å². The number of carbonyl (C=O) groups is 1. The number of urea groups is 1. The minimum absolute atomic E-state index is 0.00554. The standard InChI is InChI=1S/C8H9N3O3S/c1-2-3-9-8(12)10-6-4-7(11(13)14)15-5-6/h2,4-5H,1,3H2,(H2,9,10,12). The van der Waals surface area contributed by atoms with Gasteiger partial charge in [-0.2, -0.15) is 0 Å². The normalized spacial score (nSPS) is 9.33. The molecule has 80 valence electrons. The third-order valence-corrected chi connectivity index (χ3v) is 2.31. The van der Waals surface area contributed by atoms with Crippen LogP contribution in [0.5, 0.6) is 0 Å². The first-order valence-electron chi connectivity index (χ1n) is 4.02. The third-order valence-electron chi connectivity index (χ3n) is 1.43. The molecule has 1 aromatic rings. The molecule has 0 aliphatic heterocycles. The second kappa shape index (κ2) is 5.11. The average Bonchev–Trinajstić information content (AvgIpc) is 2.63. The van der Waals surface area contributed by atoms with E-state index in [2.05, 4.69) is 17.2 Å². The van der Waals surface area contributed by atoms with E-state index in [9.17, 15) is 14.9 Å². The summed E-state index contributed by atoms with van der Waals surface area (Å²) < 4.78 is 0. The molecule has 2 N–H and O–H groups in total. The first kappa shape index (κ1) is 11.2. The zero-order valence-corrected chi connectivity index (χ0v) is 8.54. The molecule has 0 radical (unpaired) electrons. The predicted molar refractivity (Wildman–Crippen MR) is 58.2 cm³/mol. The zero-order valence-electron chi connectivity index (χ0n) is 7.73. The predicted octanol–water partition coefficient (Wildman–Crippen LogP) is 1.96. The fourth-order valence-electron chi connectivity index (χ4n) is 0.826. The monoisotopic (exact) mass is 227 g/mol. The van der Waals surface area contributed by atoms with Crippen LogP contribution >= 0.6 is 11.3 Å². The van der Waals surface area contributed by atoms with E-state index in [1.165, 1.54) is 17.5 Å². The van der Waals surface area contributed by atoms with E-state index in [1.54, 1.807) is 0 Å². The Bertz CT molecular complexity index is 388. The Kier molecular flexibility index (Phi) is 3.81. The number of nitro groups is 1. The van der Waals surface area contributed by atoms with E-state index in [4.69, 9.17) is 0 Å². The van der Waals surface area contributed by atoms with Gasteiger partial charge in [-0.1, -0.05) is 17.4 Å². The van der Waals surface area contributed by atoms with Gasteiger partial charge in [0, 0.05) is 11.9 Å². The lowest BCUT2D eigenvalue weighted by Gasteiger charge is -2.01. The molecule has 1 rings (SSSR count). The second-order valence-corrected chi connectivity index (χ2v) is 3.44. The molecule has 15 heavy (non-hydrogen) atoms. The number of thiophene rings is 1. The number of rotatable bonds is 4. The van der Waals surface area contributed by atoms with Crippen LogP contribution < -0.4 is 10.6 Å². The van der Waals surface area contributed by atoms with Crippen LogP contribution in [0.25, 0.3) is 0 Å². The summed E-state index contributed by atoms with van der Waals surface area (Å²) in [7, 11) is 0. The van der Waals surface area contributed by atoms with Crippen LogP contribution in [0.15, 0.2) is 24.1 Å². The molecule has 0 saturated heterocycles. The highest BCUT2D eigenvalue weighted by Gasteiger charge is 2.10. The Morgan fingerprint density at radius 2 is 2.47 bits per heavy atom. The maximum absolute atomic E-state index is 11.1. The lowest BCUT2D eigenvalue weighted by Crippen LogP contribution is -2.28. The van der Waals surface area contributed by atoms with E-state index >= 15 is 0 Å². The van der Waals surface area contributed by atoms with Gasteiger partial charge in [0.15, 0.2) is 0 Å². The van der Waals surface area contributed by atoms with Gasteiger partial charge in [-0.05, 0) is 0 Å². The van der Waals surface area contributed by atoms with Gasteiger partial charge >= 0.3 is 11.0 Å². The molecule has 0 aliphatic rings. The van der Waals surface area contributed by atoms with Crippen molar-refractivity contribution in [3.8, 4) is 0 Å². The quantitative estimate of drug-likeness (QED) is 0.468. The van der Waals surface area contributed by atoms with Gasteiger partial charge in [-0.3, -0.25) is 10.1 Å². The molecule has 6 nitrogen and oxygen atoms in total. The van der Waals surface area contributed by atoms with Crippen molar-refractivity contribution < 1.29 is 9.72 Å². The summed E-state index contributed by atoms with van der Waals surface area (Å²) in [5.74, 6) is 0. The summed E-state index contributed by atoms with van der Waals surface area (Å²) in [6.45, 7) is 3.78. The topological polar surface area (TPSA) is 84.3 Å². The van der Waals surface area contributed by atoms with Crippen molar-refractivity contribution in [1.82, 2.24) is 5.32 Å². The number of hydrogen-bond acceptors (Lipinski definition) is 4. The fourth-order valence-corrected chi connectivity index (χ4v) is 1.48. The number of anilines is 1. The van der Waals surface area contributed by atoms with E-state index < -0.39 is 11.0 Å². The summed E-state index contributed by atoms with van der Waals surface area (Å²) in [6.07, 6.45) is 1.54. The highest BCUT2D eigenvalue weighted by atomic mass is 32.1. The van der Waals surface area contributed by atoms with Crippen molar-refractivity contribution in [2.24, 2.45) is 0 Å². The lowest BCUT2D eigenvalue weighted by molar-refractivity contribution is -0.380. The number of nitrogens with zero attached hydrogens (tertiary/aromatic N) is 1. The number of nitrogens with one attached hydrogen (secondary N) is 2. The summed E-state index contributed by atoms with van der Waals surface area (Å²) in [4.78, 5) is 21.0. The Morgan fingerprint density at radius 1 is 1.73 bits per heavy atom. The maximum Gasteiger partial charge on any atom is 0.326 e. The molecule has 2 amide bonds. The molecular weight excluding hydrogens is 218 g/mol. The molecule has 0 unspecified atom stereocenters. The summed E-state index contributed by atoms with van der Waals surface area (Å²) >= 11 is 0.962. The number of amides is 2. The minimum atomic E-state index is -0.502. The Balaban J connectivity index is 2.53. The SMILES string of the molecule is C=CCNC(=O)Nc1csc([N+](=O)[O-])c1. The number of carbonyl (C=O) groups excluding carboxylic acids is 1. The van der Waals surface area contributed by atoms with Gasteiger partial charge in [-0.15, -0.1) is 6.58 Å². The molecule has 0 bridgehead atoms. The summed E-state index contributed by atoms with van der Waals surface area (Å²) in [5.41, 5.74) is 0.410. The molecule has 1 aromatic heterocycles. The van der Waals surface area contributed by atoms with Crippen molar-refractivity contribution in [1.29, 1.82) is 0 Å². The van der Waals surface area contributed by atoms with E-state index in [-0.39, 0.29) is 5.00 Å². The van der Waals surface area contributed by atoms with Gasteiger partial charge in [0.25, 0.3) is 0 Å². The molecule has 0 spiro atoms. The fraction of sp³-hybridized carbons (Fsp3) is 0.125. The minimum Gasteiger partial charge on any atom is -0.334 e. The van der Waals surface area contributed by atoms with Crippen molar-refractivity contribution in [2.75, 3.05) is 11.9 Å². The zero-order chi connectivity index (χ0) is 11.3. The maximum atomic E-state index is 11.1. The summed E-state index contributed by atoms with van der Waals surface area (Å²) in [5, 5.41) is 16.8. The van der Waals surface area contributed by atoms with Crippen molar-refractivity contribution in [3.63, 3.8) is 0 Å². The van der Waals surface area contributed by atoms with Crippen LogP contribution in [0.4, 0.5) is 15.5 Å². The largest absolute Gasteiger partial charge is 0.334 e. The Morgan fingerprint density at radius 3 is 3.00 bits per heavy atom. The highest BCUT2D eigenvalue weighted by Crippen LogP contribution is 2.25. The van der Waals surface area contributed by atoms with Crippen LogP contribution in [0, 0.1) is 10.1 Å². The van der Waals surface area contributed by atoms with Crippen LogP contribution in [0.3, 0.4) is 0 Å². The molecule has 0 saturated carbocycles. The molecule has 0 aromatic carbocycles. The lowest BCUT2D eigenvalue weighted by atomic mass is 10.5. The van der Waals surface area contributed by atoms with Crippen LogP contribution in [0.1, 0.15) is 0 Å².